The molecule has 1 atom stereocenters. The molecule has 4 rings (SSSR count). The number of pyridine rings is 1. The highest BCUT2D eigenvalue weighted by molar-refractivity contribution is 6.30. The van der Waals surface area contributed by atoms with Crippen molar-refractivity contribution in [3.63, 3.8) is 0 Å². The van der Waals surface area contributed by atoms with Crippen LogP contribution in [0.1, 0.15) is 29.5 Å². The average molecular weight is 430 g/mol. The van der Waals surface area contributed by atoms with Gasteiger partial charge in [0.15, 0.2) is 0 Å². The summed E-state index contributed by atoms with van der Waals surface area (Å²) in [5.74, 6) is 0.185. The summed E-state index contributed by atoms with van der Waals surface area (Å²) in [5.41, 5.74) is 2.96. The van der Waals surface area contributed by atoms with Gasteiger partial charge in [0.2, 0.25) is 5.91 Å². The Morgan fingerprint density at radius 2 is 1.93 bits per heavy atom. The Hall–Kier alpha value is -1.99. The Kier molecular flexibility index (Phi) is 7.33. The molecule has 2 aliphatic heterocycles. The van der Waals surface area contributed by atoms with Crippen LogP contribution >= 0.6 is 11.6 Å². The van der Waals surface area contributed by atoms with Gasteiger partial charge >= 0.3 is 0 Å². The Balaban J connectivity index is 1.35. The van der Waals surface area contributed by atoms with Crippen LogP contribution in [0.25, 0.3) is 0 Å². The fourth-order valence-electron chi connectivity index (χ4n) is 3.92. The highest BCUT2D eigenvalue weighted by atomic mass is 35.5. The van der Waals surface area contributed by atoms with E-state index in [0.29, 0.717) is 32.5 Å². The second-order valence-corrected chi connectivity index (χ2v) is 8.20. The molecule has 0 bridgehead atoms. The number of carbonyl (C=O) groups excluding carboxylic acids is 1. The second-order valence-electron chi connectivity index (χ2n) is 7.76. The van der Waals surface area contributed by atoms with Crippen molar-refractivity contribution >= 4 is 17.5 Å². The van der Waals surface area contributed by atoms with E-state index in [-0.39, 0.29) is 12.0 Å². The van der Waals surface area contributed by atoms with Gasteiger partial charge in [0.1, 0.15) is 6.10 Å². The highest BCUT2D eigenvalue weighted by Crippen LogP contribution is 2.22. The zero-order valence-electron chi connectivity index (χ0n) is 17.1. The van der Waals surface area contributed by atoms with Gasteiger partial charge in [-0.25, -0.2) is 0 Å². The van der Waals surface area contributed by atoms with Crippen LogP contribution < -0.4 is 0 Å². The van der Waals surface area contributed by atoms with Crippen molar-refractivity contribution in [3.05, 3.63) is 64.4 Å². The topological polar surface area (TPSA) is 54.9 Å². The SMILES string of the molecule is O=C(CCN1CCOCC1)N1CCO[C@H](c2cccc(Cc3cccc(Cl)c3)n2)C1. The van der Waals surface area contributed by atoms with Crippen molar-refractivity contribution < 1.29 is 14.3 Å². The van der Waals surface area contributed by atoms with E-state index in [1.54, 1.807) is 0 Å². The van der Waals surface area contributed by atoms with Gasteiger partial charge in [-0.1, -0.05) is 29.8 Å². The van der Waals surface area contributed by atoms with Gasteiger partial charge in [0, 0.05) is 49.7 Å². The smallest absolute Gasteiger partial charge is 0.224 e. The van der Waals surface area contributed by atoms with Crippen LogP contribution in [0.15, 0.2) is 42.5 Å². The van der Waals surface area contributed by atoms with Crippen molar-refractivity contribution in [3.8, 4) is 0 Å². The first-order chi connectivity index (χ1) is 14.7. The molecule has 2 aliphatic rings. The quantitative estimate of drug-likeness (QED) is 0.706. The molecule has 7 heteroatoms. The second kappa shape index (κ2) is 10.4. The first-order valence-corrected chi connectivity index (χ1v) is 10.9. The predicted molar refractivity (Wildman–Crippen MR) is 116 cm³/mol. The molecular weight excluding hydrogens is 402 g/mol. The van der Waals surface area contributed by atoms with Gasteiger partial charge in [-0.2, -0.15) is 0 Å². The Bertz CT molecular complexity index is 857. The number of rotatable bonds is 6. The lowest BCUT2D eigenvalue weighted by atomic mass is 10.1. The van der Waals surface area contributed by atoms with E-state index < -0.39 is 0 Å². The van der Waals surface area contributed by atoms with E-state index in [0.717, 1.165) is 54.8 Å². The molecule has 0 spiro atoms. The van der Waals surface area contributed by atoms with Crippen LogP contribution in [-0.4, -0.2) is 73.2 Å². The number of halogens is 1. The molecule has 2 fully saturated rings. The third-order valence-electron chi connectivity index (χ3n) is 5.60. The minimum atomic E-state index is -0.189. The number of amides is 1. The van der Waals surface area contributed by atoms with Crippen molar-refractivity contribution in [1.29, 1.82) is 0 Å². The first kappa shape index (κ1) is 21.2. The molecule has 6 nitrogen and oxygen atoms in total. The van der Waals surface area contributed by atoms with Gasteiger partial charge in [-0.15, -0.1) is 0 Å². The van der Waals surface area contributed by atoms with Crippen LogP contribution in [0.5, 0.6) is 0 Å². The number of benzene rings is 1. The lowest BCUT2D eigenvalue weighted by molar-refractivity contribution is -0.139. The molecule has 1 aromatic carbocycles. The summed E-state index contributed by atoms with van der Waals surface area (Å²) in [6.07, 6.45) is 1.06. The van der Waals surface area contributed by atoms with E-state index in [1.165, 1.54) is 0 Å². The molecular formula is C23H28ClN3O3. The molecule has 2 saturated heterocycles. The minimum absolute atomic E-state index is 0.185. The van der Waals surface area contributed by atoms with Gasteiger partial charge in [-0.3, -0.25) is 14.7 Å². The lowest BCUT2D eigenvalue weighted by Crippen LogP contribution is -2.44. The van der Waals surface area contributed by atoms with E-state index in [9.17, 15) is 4.79 Å². The van der Waals surface area contributed by atoms with Gasteiger partial charge in [0.25, 0.3) is 0 Å². The monoisotopic (exact) mass is 429 g/mol. The van der Waals surface area contributed by atoms with Crippen molar-refractivity contribution in [2.45, 2.75) is 18.9 Å². The zero-order valence-corrected chi connectivity index (χ0v) is 17.9. The predicted octanol–water partition coefficient (Wildman–Crippen LogP) is 2.95. The Labute approximate surface area is 182 Å². The maximum atomic E-state index is 12.7. The molecule has 30 heavy (non-hydrogen) atoms. The molecule has 0 N–H and O–H groups in total. The van der Waals surface area contributed by atoms with Gasteiger partial charge < -0.3 is 14.4 Å². The number of aromatic nitrogens is 1. The highest BCUT2D eigenvalue weighted by Gasteiger charge is 2.26. The number of morpholine rings is 2. The average Bonchev–Trinajstić information content (AvgIpc) is 2.78. The van der Waals surface area contributed by atoms with Crippen LogP contribution in [0.3, 0.4) is 0 Å². The number of carbonyl (C=O) groups is 1. The molecule has 2 aromatic rings. The van der Waals surface area contributed by atoms with Gasteiger partial charge in [0.05, 0.1) is 32.1 Å². The summed E-state index contributed by atoms with van der Waals surface area (Å²) >= 11 is 6.10. The van der Waals surface area contributed by atoms with Crippen LogP contribution in [0, 0.1) is 0 Å². The molecule has 0 saturated carbocycles. The fourth-order valence-corrected chi connectivity index (χ4v) is 4.14. The minimum Gasteiger partial charge on any atom is -0.379 e. The molecule has 1 amide bonds. The van der Waals surface area contributed by atoms with E-state index in [2.05, 4.69) is 4.90 Å². The number of hydrogen-bond acceptors (Lipinski definition) is 5. The first-order valence-electron chi connectivity index (χ1n) is 10.6. The fraction of sp³-hybridized carbons (Fsp3) is 0.478. The molecule has 160 valence electrons. The van der Waals surface area contributed by atoms with Crippen LogP contribution in [0.4, 0.5) is 0 Å². The van der Waals surface area contributed by atoms with Crippen molar-refractivity contribution in [2.24, 2.45) is 0 Å². The Morgan fingerprint density at radius 1 is 1.10 bits per heavy atom. The molecule has 0 aliphatic carbocycles. The third-order valence-corrected chi connectivity index (χ3v) is 5.83. The zero-order chi connectivity index (χ0) is 20.8. The van der Waals surface area contributed by atoms with E-state index in [1.807, 2.05) is 47.4 Å². The normalized spacial score (nSPS) is 20.3. The third kappa shape index (κ3) is 5.79. The summed E-state index contributed by atoms with van der Waals surface area (Å²) < 4.78 is 11.3. The van der Waals surface area contributed by atoms with Crippen LogP contribution in [-0.2, 0) is 20.7 Å². The standard InChI is InChI=1S/C23H28ClN3O3/c24-19-4-1-3-18(15-19)16-20-5-2-6-21(25-20)22-17-27(11-14-30-22)23(28)7-8-26-9-12-29-13-10-26/h1-6,15,22H,7-14,16-17H2/t22-/m0/s1. The number of nitrogens with zero attached hydrogens (tertiary/aromatic N) is 3. The van der Waals surface area contributed by atoms with E-state index >= 15 is 0 Å². The molecule has 0 unspecified atom stereocenters. The molecule has 3 heterocycles. The summed E-state index contributed by atoms with van der Waals surface area (Å²) in [4.78, 5) is 21.8. The van der Waals surface area contributed by atoms with Gasteiger partial charge in [-0.05, 0) is 29.8 Å². The summed E-state index contributed by atoms with van der Waals surface area (Å²) in [7, 11) is 0. The molecule has 0 radical (unpaired) electrons. The number of ether oxygens (including phenoxy) is 2. The maximum Gasteiger partial charge on any atom is 0.224 e. The van der Waals surface area contributed by atoms with Crippen molar-refractivity contribution in [2.75, 3.05) is 52.5 Å². The summed E-state index contributed by atoms with van der Waals surface area (Å²) in [6, 6.07) is 13.8. The largest absolute Gasteiger partial charge is 0.379 e. The summed E-state index contributed by atoms with van der Waals surface area (Å²) in [5, 5.41) is 0.727. The summed E-state index contributed by atoms with van der Waals surface area (Å²) in [6.45, 7) is 5.84. The molecule has 1 aromatic heterocycles. The maximum absolute atomic E-state index is 12.7. The Morgan fingerprint density at radius 3 is 2.77 bits per heavy atom. The van der Waals surface area contributed by atoms with Crippen LogP contribution in [0.2, 0.25) is 5.02 Å². The number of hydrogen-bond donors (Lipinski definition) is 0. The lowest BCUT2D eigenvalue weighted by Gasteiger charge is -2.34. The van der Waals surface area contributed by atoms with Crippen molar-refractivity contribution in [1.82, 2.24) is 14.8 Å². The van der Waals surface area contributed by atoms with E-state index in [4.69, 9.17) is 26.1 Å².